The fourth-order valence-corrected chi connectivity index (χ4v) is 1.79. The summed E-state index contributed by atoms with van der Waals surface area (Å²) in [6, 6.07) is 3.17. The number of aromatic nitrogens is 3. The molecular weight excluding hydrogens is 258 g/mol. The smallest absolute Gasteiger partial charge is 0.325 e. The van der Waals surface area contributed by atoms with Gasteiger partial charge < -0.3 is 10.1 Å². The van der Waals surface area contributed by atoms with Crippen LogP contribution in [0.25, 0.3) is 0 Å². The van der Waals surface area contributed by atoms with Crippen LogP contribution in [0.5, 0.6) is 5.75 Å². The molecule has 0 aliphatic heterocycles. The number of aromatic amines is 1. The highest BCUT2D eigenvalue weighted by Gasteiger charge is 2.13. The Morgan fingerprint density at radius 3 is 2.60 bits per heavy atom. The number of ether oxygens (including phenoxy) is 1. The minimum Gasteiger partial charge on any atom is -0.493 e. The standard InChI is InChI=1S/C13H17N5O2/c1-7-5-6-10(20-4)12(14-7)16-13(19)15-11-8(2)17-18-9(11)3/h5-6H,1-4H3,(H,17,18)(H2,14,15,16,19). The number of anilines is 2. The topological polar surface area (TPSA) is 91.9 Å². The molecule has 20 heavy (non-hydrogen) atoms. The number of hydrogen-bond donors (Lipinski definition) is 3. The number of aryl methyl sites for hydroxylation is 3. The molecule has 2 aromatic heterocycles. The van der Waals surface area contributed by atoms with E-state index in [4.69, 9.17) is 4.74 Å². The summed E-state index contributed by atoms with van der Waals surface area (Å²) in [4.78, 5) is 16.2. The first-order valence-electron chi connectivity index (χ1n) is 6.12. The van der Waals surface area contributed by atoms with Gasteiger partial charge in [-0.25, -0.2) is 9.78 Å². The maximum absolute atomic E-state index is 12.0. The summed E-state index contributed by atoms with van der Waals surface area (Å²) >= 11 is 0. The largest absolute Gasteiger partial charge is 0.493 e. The number of hydrogen-bond acceptors (Lipinski definition) is 4. The molecule has 2 rings (SSSR count). The molecule has 0 atom stereocenters. The lowest BCUT2D eigenvalue weighted by molar-refractivity contribution is 0.262. The van der Waals surface area contributed by atoms with Gasteiger partial charge in [0.05, 0.1) is 24.2 Å². The van der Waals surface area contributed by atoms with E-state index in [1.165, 1.54) is 7.11 Å². The lowest BCUT2D eigenvalue weighted by Crippen LogP contribution is -2.21. The Morgan fingerprint density at radius 1 is 1.25 bits per heavy atom. The fourth-order valence-electron chi connectivity index (χ4n) is 1.79. The van der Waals surface area contributed by atoms with E-state index < -0.39 is 6.03 Å². The molecule has 2 amide bonds. The second-order valence-electron chi connectivity index (χ2n) is 4.39. The van der Waals surface area contributed by atoms with Crippen LogP contribution in [-0.4, -0.2) is 28.3 Å². The number of amides is 2. The van der Waals surface area contributed by atoms with Crippen LogP contribution in [0.3, 0.4) is 0 Å². The van der Waals surface area contributed by atoms with Gasteiger partial charge in [0.2, 0.25) is 0 Å². The van der Waals surface area contributed by atoms with Crippen LogP contribution in [0.15, 0.2) is 12.1 Å². The molecule has 3 N–H and O–H groups in total. The van der Waals surface area contributed by atoms with Gasteiger partial charge in [0.1, 0.15) is 0 Å². The summed E-state index contributed by atoms with van der Waals surface area (Å²) in [7, 11) is 1.53. The number of rotatable bonds is 3. The Hall–Kier alpha value is -2.57. The maximum Gasteiger partial charge on any atom is 0.325 e. The van der Waals surface area contributed by atoms with Crippen LogP contribution in [-0.2, 0) is 0 Å². The van der Waals surface area contributed by atoms with Crippen molar-refractivity contribution >= 4 is 17.5 Å². The molecule has 0 aromatic carbocycles. The van der Waals surface area contributed by atoms with Crippen molar-refractivity contribution in [1.29, 1.82) is 0 Å². The first-order chi connectivity index (χ1) is 9.51. The van der Waals surface area contributed by atoms with Crippen molar-refractivity contribution < 1.29 is 9.53 Å². The van der Waals surface area contributed by atoms with Crippen LogP contribution in [0.4, 0.5) is 16.3 Å². The highest BCUT2D eigenvalue weighted by molar-refractivity contribution is 6.00. The molecule has 0 saturated heterocycles. The Bertz CT molecular complexity index is 616. The number of nitrogens with zero attached hydrogens (tertiary/aromatic N) is 2. The van der Waals surface area contributed by atoms with E-state index in [1.54, 1.807) is 6.07 Å². The number of carbonyl (C=O) groups excluding carboxylic acids is 1. The van der Waals surface area contributed by atoms with E-state index in [2.05, 4.69) is 25.8 Å². The van der Waals surface area contributed by atoms with Gasteiger partial charge in [-0.05, 0) is 32.9 Å². The van der Waals surface area contributed by atoms with Gasteiger partial charge in [-0.2, -0.15) is 5.10 Å². The molecule has 0 bridgehead atoms. The minimum absolute atomic E-state index is 0.379. The molecule has 106 valence electrons. The van der Waals surface area contributed by atoms with Gasteiger partial charge in [0, 0.05) is 5.69 Å². The van der Waals surface area contributed by atoms with Gasteiger partial charge >= 0.3 is 6.03 Å². The third-order valence-electron chi connectivity index (χ3n) is 2.82. The Labute approximate surface area is 116 Å². The number of H-pyrrole nitrogens is 1. The second kappa shape index (κ2) is 5.60. The second-order valence-corrected chi connectivity index (χ2v) is 4.39. The quantitative estimate of drug-likeness (QED) is 0.802. The van der Waals surface area contributed by atoms with E-state index in [9.17, 15) is 4.79 Å². The third-order valence-corrected chi connectivity index (χ3v) is 2.82. The summed E-state index contributed by atoms with van der Waals surface area (Å²) in [6.45, 7) is 5.48. The molecule has 0 aliphatic carbocycles. The van der Waals surface area contributed by atoms with Crippen molar-refractivity contribution in [3.63, 3.8) is 0 Å². The predicted octanol–water partition coefficient (Wildman–Crippen LogP) is 2.38. The Kier molecular flexibility index (Phi) is 3.88. The van der Waals surface area contributed by atoms with Crippen LogP contribution in [0, 0.1) is 20.8 Å². The number of carbonyl (C=O) groups is 1. The fraction of sp³-hybridized carbons (Fsp3) is 0.308. The zero-order valence-corrected chi connectivity index (χ0v) is 11.9. The molecule has 7 heteroatoms. The zero-order valence-electron chi connectivity index (χ0n) is 11.9. The average molecular weight is 275 g/mol. The predicted molar refractivity (Wildman–Crippen MR) is 76.2 cm³/mol. The van der Waals surface area contributed by atoms with E-state index in [-0.39, 0.29) is 0 Å². The monoisotopic (exact) mass is 275 g/mol. The molecule has 2 heterocycles. The molecule has 0 spiro atoms. The van der Waals surface area contributed by atoms with Crippen LogP contribution < -0.4 is 15.4 Å². The number of nitrogens with one attached hydrogen (secondary N) is 3. The average Bonchev–Trinajstić information content (AvgIpc) is 2.71. The summed E-state index contributed by atoms with van der Waals surface area (Å²) in [5.74, 6) is 0.884. The lowest BCUT2D eigenvalue weighted by Gasteiger charge is -2.11. The van der Waals surface area contributed by atoms with Crippen molar-refractivity contribution in [2.24, 2.45) is 0 Å². The zero-order chi connectivity index (χ0) is 14.7. The van der Waals surface area contributed by atoms with Gasteiger partial charge in [-0.1, -0.05) is 0 Å². The van der Waals surface area contributed by atoms with Crippen molar-refractivity contribution in [2.45, 2.75) is 20.8 Å². The molecule has 0 fully saturated rings. The molecular formula is C13H17N5O2. The maximum atomic E-state index is 12.0. The van der Waals surface area contributed by atoms with E-state index in [0.29, 0.717) is 17.3 Å². The van der Waals surface area contributed by atoms with Crippen molar-refractivity contribution in [3.8, 4) is 5.75 Å². The highest BCUT2D eigenvalue weighted by atomic mass is 16.5. The summed E-state index contributed by atoms with van der Waals surface area (Å²) in [5, 5.41) is 12.2. The molecule has 0 aliphatic rings. The highest BCUT2D eigenvalue weighted by Crippen LogP contribution is 2.22. The molecule has 0 unspecified atom stereocenters. The third kappa shape index (κ3) is 2.87. The van der Waals surface area contributed by atoms with E-state index >= 15 is 0 Å². The number of pyridine rings is 1. The van der Waals surface area contributed by atoms with Gasteiger partial charge in [-0.15, -0.1) is 0 Å². The lowest BCUT2D eigenvalue weighted by atomic mass is 10.3. The van der Waals surface area contributed by atoms with Gasteiger partial charge in [0.25, 0.3) is 0 Å². The molecule has 7 nitrogen and oxygen atoms in total. The van der Waals surface area contributed by atoms with Gasteiger partial charge in [0.15, 0.2) is 11.6 Å². The Balaban J connectivity index is 2.14. The Morgan fingerprint density at radius 2 is 2.00 bits per heavy atom. The molecule has 0 radical (unpaired) electrons. The summed E-state index contributed by atoms with van der Waals surface area (Å²) < 4.78 is 5.16. The van der Waals surface area contributed by atoms with Crippen molar-refractivity contribution in [3.05, 3.63) is 29.2 Å². The van der Waals surface area contributed by atoms with Crippen LogP contribution in [0.1, 0.15) is 17.1 Å². The van der Waals surface area contributed by atoms with Gasteiger partial charge in [-0.3, -0.25) is 10.4 Å². The molecule has 2 aromatic rings. The van der Waals surface area contributed by atoms with E-state index in [1.807, 2.05) is 26.8 Å². The number of methoxy groups -OCH3 is 1. The first-order valence-corrected chi connectivity index (χ1v) is 6.12. The normalized spacial score (nSPS) is 10.2. The SMILES string of the molecule is COc1ccc(C)nc1NC(=O)Nc1c(C)n[nH]c1C. The summed E-state index contributed by atoms with van der Waals surface area (Å²) in [5.41, 5.74) is 2.97. The van der Waals surface area contributed by atoms with E-state index in [0.717, 1.165) is 17.1 Å². The van der Waals surface area contributed by atoms with Crippen LogP contribution in [0.2, 0.25) is 0 Å². The van der Waals surface area contributed by atoms with Crippen molar-refractivity contribution in [2.75, 3.05) is 17.7 Å². The summed E-state index contributed by atoms with van der Waals surface area (Å²) in [6.07, 6.45) is 0. The first kappa shape index (κ1) is 13.9. The molecule has 0 saturated carbocycles. The van der Waals surface area contributed by atoms with Crippen LogP contribution >= 0.6 is 0 Å². The van der Waals surface area contributed by atoms with Crippen molar-refractivity contribution in [1.82, 2.24) is 15.2 Å². The minimum atomic E-state index is -0.394. The number of urea groups is 1.